The maximum Gasteiger partial charge on any atom is 0.422 e. The number of hydrogen-bond acceptors (Lipinski definition) is 4. The van der Waals surface area contributed by atoms with Crippen molar-refractivity contribution in [1.82, 2.24) is 15.2 Å². The lowest BCUT2D eigenvalue weighted by Gasteiger charge is -2.31. The van der Waals surface area contributed by atoms with Crippen LogP contribution in [0.1, 0.15) is 17.3 Å². The number of halogens is 4. The molecule has 5 nitrogen and oxygen atoms in total. The Morgan fingerprint density at radius 2 is 2.27 bits per heavy atom. The van der Waals surface area contributed by atoms with Crippen LogP contribution >= 0.6 is 12.4 Å². The summed E-state index contributed by atoms with van der Waals surface area (Å²) in [5.41, 5.74) is 0.274. The third-order valence-corrected chi connectivity index (χ3v) is 3.02. The highest BCUT2D eigenvalue weighted by Crippen LogP contribution is 2.18. The fourth-order valence-corrected chi connectivity index (χ4v) is 2.08. The van der Waals surface area contributed by atoms with Crippen molar-refractivity contribution in [2.75, 3.05) is 26.2 Å². The summed E-state index contributed by atoms with van der Waals surface area (Å²) in [5, 5.41) is 3.21. The molecule has 1 N–H and O–H groups in total. The van der Waals surface area contributed by atoms with Gasteiger partial charge < -0.3 is 15.0 Å². The van der Waals surface area contributed by atoms with Gasteiger partial charge in [0.2, 0.25) is 5.88 Å². The van der Waals surface area contributed by atoms with E-state index in [1.807, 2.05) is 6.92 Å². The van der Waals surface area contributed by atoms with Crippen LogP contribution in [0, 0.1) is 0 Å². The van der Waals surface area contributed by atoms with Crippen molar-refractivity contribution in [3.63, 3.8) is 0 Å². The topological polar surface area (TPSA) is 54.5 Å². The molecule has 1 fully saturated rings. The van der Waals surface area contributed by atoms with E-state index in [1.165, 1.54) is 18.3 Å². The number of nitrogens with one attached hydrogen (secondary N) is 1. The molecule has 1 aliphatic rings. The van der Waals surface area contributed by atoms with E-state index in [-0.39, 0.29) is 35.8 Å². The molecule has 1 atom stereocenters. The van der Waals surface area contributed by atoms with Crippen molar-refractivity contribution in [3.8, 4) is 5.88 Å². The quantitative estimate of drug-likeness (QED) is 0.913. The standard InChI is InChI=1S/C13H16F3N3O2.ClH/c1-9-7-19(5-4-17-9)12(20)10-2-3-18-11(6-10)21-8-13(14,15)16;/h2-3,6,9,17H,4-5,7-8H2,1H3;1H/t9-;/m1./s1. The lowest BCUT2D eigenvalue weighted by molar-refractivity contribution is -0.154. The number of carbonyl (C=O) groups is 1. The van der Waals surface area contributed by atoms with Gasteiger partial charge in [-0.3, -0.25) is 4.79 Å². The van der Waals surface area contributed by atoms with E-state index in [2.05, 4.69) is 15.0 Å². The Hall–Kier alpha value is -1.54. The van der Waals surface area contributed by atoms with Crippen molar-refractivity contribution in [2.45, 2.75) is 19.1 Å². The Bertz CT molecular complexity index is 514. The minimum absolute atomic E-state index is 0. The number of nitrogens with zero attached hydrogens (tertiary/aromatic N) is 2. The summed E-state index contributed by atoms with van der Waals surface area (Å²) in [7, 11) is 0. The van der Waals surface area contributed by atoms with Crippen molar-refractivity contribution in [3.05, 3.63) is 23.9 Å². The maximum absolute atomic E-state index is 12.3. The third-order valence-electron chi connectivity index (χ3n) is 3.02. The largest absolute Gasteiger partial charge is 0.468 e. The Labute approximate surface area is 132 Å². The number of alkyl halides is 3. The third kappa shape index (κ3) is 5.34. The van der Waals surface area contributed by atoms with Crippen LogP contribution in [0.15, 0.2) is 18.3 Å². The van der Waals surface area contributed by atoms with Crippen LogP contribution in [0.3, 0.4) is 0 Å². The van der Waals surface area contributed by atoms with Gasteiger partial charge >= 0.3 is 6.18 Å². The minimum Gasteiger partial charge on any atom is -0.468 e. The number of aromatic nitrogens is 1. The number of hydrogen-bond donors (Lipinski definition) is 1. The molecular weight excluding hydrogens is 323 g/mol. The molecule has 2 heterocycles. The summed E-state index contributed by atoms with van der Waals surface area (Å²) in [6, 6.07) is 2.89. The van der Waals surface area contributed by atoms with Crippen molar-refractivity contribution in [2.24, 2.45) is 0 Å². The number of amides is 1. The molecule has 22 heavy (non-hydrogen) atoms. The van der Waals surface area contributed by atoms with E-state index < -0.39 is 12.8 Å². The molecule has 0 aliphatic carbocycles. The summed E-state index contributed by atoms with van der Waals surface area (Å²) >= 11 is 0. The van der Waals surface area contributed by atoms with Crippen LogP contribution in [-0.2, 0) is 0 Å². The molecule has 2 rings (SSSR count). The Balaban J connectivity index is 0.00000242. The highest BCUT2D eigenvalue weighted by Gasteiger charge is 2.29. The number of piperazine rings is 1. The molecule has 9 heteroatoms. The van der Waals surface area contributed by atoms with Gasteiger partial charge in [0.1, 0.15) is 0 Å². The van der Waals surface area contributed by atoms with Gasteiger partial charge in [-0.05, 0) is 13.0 Å². The lowest BCUT2D eigenvalue weighted by atomic mass is 10.2. The Morgan fingerprint density at radius 1 is 1.55 bits per heavy atom. The Morgan fingerprint density at radius 3 is 2.91 bits per heavy atom. The molecule has 0 saturated carbocycles. The van der Waals surface area contributed by atoms with E-state index in [9.17, 15) is 18.0 Å². The van der Waals surface area contributed by atoms with Gasteiger partial charge in [0.05, 0.1) is 0 Å². The predicted octanol–water partition coefficient (Wildman–Crippen LogP) is 1.88. The van der Waals surface area contributed by atoms with Gasteiger partial charge in [0.25, 0.3) is 5.91 Å². The molecule has 1 aliphatic heterocycles. The predicted molar refractivity (Wildman–Crippen MR) is 76.4 cm³/mol. The average molecular weight is 340 g/mol. The highest BCUT2D eigenvalue weighted by molar-refractivity contribution is 5.94. The molecule has 1 saturated heterocycles. The smallest absolute Gasteiger partial charge is 0.422 e. The van der Waals surface area contributed by atoms with Crippen LogP contribution in [0.25, 0.3) is 0 Å². The fraction of sp³-hybridized carbons (Fsp3) is 0.538. The first-order chi connectivity index (χ1) is 9.85. The van der Waals surface area contributed by atoms with Crippen molar-refractivity contribution < 1.29 is 22.7 Å². The van der Waals surface area contributed by atoms with Crippen LogP contribution in [0.4, 0.5) is 13.2 Å². The molecular formula is C13H17ClF3N3O2. The van der Waals surface area contributed by atoms with Gasteiger partial charge in [-0.1, -0.05) is 0 Å². The molecule has 1 amide bonds. The summed E-state index contributed by atoms with van der Waals surface area (Å²) < 4.78 is 40.8. The fourth-order valence-electron chi connectivity index (χ4n) is 2.08. The summed E-state index contributed by atoms with van der Waals surface area (Å²) in [5.74, 6) is -0.441. The highest BCUT2D eigenvalue weighted by atomic mass is 35.5. The van der Waals surface area contributed by atoms with Gasteiger partial charge in [-0.15, -0.1) is 12.4 Å². The summed E-state index contributed by atoms with van der Waals surface area (Å²) in [6.45, 7) is 2.34. The normalized spacial score (nSPS) is 18.5. The van der Waals surface area contributed by atoms with E-state index in [1.54, 1.807) is 4.90 Å². The maximum atomic E-state index is 12.3. The SMILES string of the molecule is C[C@@H]1CN(C(=O)c2ccnc(OCC(F)(F)F)c2)CCN1.Cl. The lowest BCUT2D eigenvalue weighted by Crippen LogP contribution is -2.51. The zero-order valence-corrected chi connectivity index (χ0v) is 12.7. The molecule has 0 spiro atoms. The molecule has 0 aromatic carbocycles. The number of carbonyl (C=O) groups excluding carboxylic acids is 1. The second-order valence-electron chi connectivity index (χ2n) is 4.89. The van der Waals surface area contributed by atoms with Gasteiger partial charge in [0.15, 0.2) is 6.61 Å². The van der Waals surface area contributed by atoms with E-state index in [0.29, 0.717) is 19.6 Å². The zero-order chi connectivity index (χ0) is 15.5. The Kier molecular flexibility index (Phi) is 6.43. The van der Waals surface area contributed by atoms with Crippen molar-refractivity contribution >= 4 is 18.3 Å². The minimum atomic E-state index is -4.43. The monoisotopic (exact) mass is 339 g/mol. The second-order valence-corrected chi connectivity index (χ2v) is 4.89. The molecule has 0 unspecified atom stereocenters. The van der Waals surface area contributed by atoms with Crippen LogP contribution in [-0.4, -0.2) is 54.3 Å². The van der Waals surface area contributed by atoms with E-state index >= 15 is 0 Å². The van der Waals surface area contributed by atoms with Crippen LogP contribution in [0.5, 0.6) is 5.88 Å². The molecule has 124 valence electrons. The van der Waals surface area contributed by atoms with Gasteiger partial charge in [-0.25, -0.2) is 4.98 Å². The number of ether oxygens (including phenoxy) is 1. The van der Waals surface area contributed by atoms with Crippen LogP contribution in [0.2, 0.25) is 0 Å². The van der Waals surface area contributed by atoms with Crippen molar-refractivity contribution in [1.29, 1.82) is 0 Å². The average Bonchev–Trinajstić information content (AvgIpc) is 2.44. The second kappa shape index (κ2) is 7.64. The van der Waals surface area contributed by atoms with E-state index in [0.717, 1.165) is 0 Å². The molecule has 0 bridgehead atoms. The number of rotatable bonds is 3. The molecule has 0 radical (unpaired) electrons. The first kappa shape index (κ1) is 18.5. The molecule has 1 aromatic rings. The zero-order valence-electron chi connectivity index (χ0n) is 11.9. The molecule has 1 aromatic heterocycles. The van der Waals surface area contributed by atoms with E-state index in [4.69, 9.17) is 0 Å². The first-order valence-corrected chi connectivity index (χ1v) is 6.53. The first-order valence-electron chi connectivity index (χ1n) is 6.53. The summed E-state index contributed by atoms with van der Waals surface area (Å²) in [6.07, 6.45) is -3.17. The van der Waals surface area contributed by atoms with Gasteiger partial charge in [0, 0.05) is 43.5 Å². The summed E-state index contributed by atoms with van der Waals surface area (Å²) in [4.78, 5) is 17.6. The number of pyridine rings is 1. The van der Waals surface area contributed by atoms with Crippen LogP contribution < -0.4 is 10.1 Å². The van der Waals surface area contributed by atoms with Gasteiger partial charge in [-0.2, -0.15) is 13.2 Å².